The maximum atomic E-state index is 8.79. The minimum absolute atomic E-state index is 0.00968. The highest BCUT2D eigenvalue weighted by Crippen LogP contribution is 2.25. The third-order valence-electron chi connectivity index (χ3n) is 3.00. The Kier molecular flexibility index (Phi) is 5.84. The lowest BCUT2D eigenvalue weighted by molar-refractivity contribution is -0.0353. The second kappa shape index (κ2) is 7.15. The van der Waals surface area contributed by atoms with Crippen molar-refractivity contribution in [2.45, 2.75) is 39.0 Å². The highest BCUT2D eigenvalue weighted by atomic mass is 16.5. The van der Waals surface area contributed by atoms with Gasteiger partial charge in [-0.15, -0.1) is 0 Å². The van der Waals surface area contributed by atoms with Crippen molar-refractivity contribution in [3.8, 4) is 6.07 Å². The number of hydrogen-bond donors (Lipinski definition) is 0. The van der Waals surface area contributed by atoms with Gasteiger partial charge in [0.2, 0.25) is 0 Å². The summed E-state index contributed by atoms with van der Waals surface area (Å²) in [4.78, 5) is 2.01. The van der Waals surface area contributed by atoms with Crippen LogP contribution in [0.5, 0.6) is 0 Å². The van der Waals surface area contributed by atoms with Crippen molar-refractivity contribution in [1.82, 2.24) is 4.90 Å². The molecule has 18 heavy (non-hydrogen) atoms. The Morgan fingerprint density at radius 1 is 1.22 bits per heavy atom. The van der Waals surface area contributed by atoms with Crippen molar-refractivity contribution in [3.05, 3.63) is 35.9 Å². The maximum Gasteiger partial charge on any atom is 0.0980 e. The van der Waals surface area contributed by atoms with Crippen LogP contribution >= 0.6 is 0 Å². The smallest absolute Gasteiger partial charge is 0.0980 e. The van der Waals surface area contributed by atoms with Gasteiger partial charge in [0.25, 0.3) is 0 Å². The minimum atomic E-state index is -0.00968. The lowest BCUT2D eigenvalue weighted by Crippen LogP contribution is -2.36. The standard InChI is InChI=1S/C15H22N2O/c1-12(2)18-15(13(3)17(4)11-10-16)14-8-6-5-7-9-14/h5-9,12-13,15H,11H2,1-4H3/t13-,15-/m0/s1. The zero-order valence-electron chi connectivity index (χ0n) is 11.6. The molecule has 0 saturated carbocycles. The molecule has 0 N–H and O–H groups in total. The van der Waals surface area contributed by atoms with Gasteiger partial charge < -0.3 is 4.74 Å². The molecule has 0 aromatic heterocycles. The molecule has 1 aromatic carbocycles. The van der Waals surface area contributed by atoms with E-state index in [4.69, 9.17) is 10.00 Å². The largest absolute Gasteiger partial charge is 0.369 e. The summed E-state index contributed by atoms with van der Waals surface area (Å²) in [5, 5.41) is 8.79. The van der Waals surface area contributed by atoms with Gasteiger partial charge in [0.15, 0.2) is 0 Å². The molecule has 2 atom stereocenters. The molecule has 1 aromatic rings. The van der Waals surface area contributed by atoms with E-state index in [1.165, 1.54) is 0 Å². The summed E-state index contributed by atoms with van der Waals surface area (Å²) in [5.74, 6) is 0. The molecule has 0 amide bonds. The Morgan fingerprint density at radius 3 is 2.33 bits per heavy atom. The van der Waals surface area contributed by atoms with Crippen molar-refractivity contribution in [2.75, 3.05) is 13.6 Å². The molecule has 0 aliphatic carbocycles. The van der Waals surface area contributed by atoms with E-state index < -0.39 is 0 Å². The van der Waals surface area contributed by atoms with Gasteiger partial charge >= 0.3 is 0 Å². The summed E-state index contributed by atoms with van der Waals surface area (Å²) in [7, 11) is 1.95. The maximum absolute atomic E-state index is 8.79. The molecule has 0 heterocycles. The van der Waals surface area contributed by atoms with Crippen molar-refractivity contribution in [3.63, 3.8) is 0 Å². The molecule has 3 nitrogen and oxygen atoms in total. The van der Waals surface area contributed by atoms with Gasteiger partial charge in [-0.1, -0.05) is 30.3 Å². The van der Waals surface area contributed by atoms with Crippen LogP contribution in [0.25, 0.3) is 0 Å². The summed E-state index contributed by atoms with van der Waals surface area (Å²) in [6.07, 6.45) is 0.151. The van der Waals surface area contributed by atoms with Crippen LogP contribution in [0.15, 0.2) is 30.3 Å². The van der Waals surface area contributed by atoms with E-state index in [2.05, 4.69) is 25.1 Å². The second-order valence-electron chi connectivity index (χ2n) is 4.83. The molecule has 0 unspecified atom stereocenters. The number of nitrogens with zero attached hydrogens (tertiary/aromatic N) is 2. The highest BCUT2D eigenvalue weighted by Gasteiger charge is 2.24. The quantitative estimate of drug-likeness (QED) is 0.724. The Morgan fingerprint density at radius 2 is 1.83 bits per heavy atom. The summed E-state index contributed by atoms with van der Waals surface area (Å²) < 4.78 is 6.01. The fourth-order valence-electron chi connectivity index (χ4n) is 1.89. The molecule has 0 saturated heterocycles. The zero-order valence-corrected chi connectivity index (χ0v) is 11.6. The number of benzene rings is 1. The van der Waals surface area contributed by atoms with Crippen LogP contribution in [0, 0.1) is 11.3 Å². The first kappa shape index (κ1) is 14.7. The van der Waals surface area contributed by atoms with Gasteiger partial charge in [-0.2, -0.15) is 5.26 Å². The van der Waals surface area contributed by atoms with Crippen molar-refractivity contribution in [1.29, 1.82) is 5.26 Å². The molecule has 0 aliphatic heterocycles. The van der Waals surface area contributed by atoms with Gasteiger partial charge in [-0.3, -0.25) is 4.90 Å². The average molecular weight is 246 g/mol. The van der Waals surface area contributed by atoms with E-state index in [-0.39, 0.29) is 18.2 Å². The van der Waals surface area contributed by atoms with Crippen LogP contribution in [0.1, 0.15) is 32.4 Å². The SMILES string of the molecule is CC(C)O[C@H](c1ccccc1)[C@H](C)N(C)CC#N. The van der Waals surface area contributed by atoms with E-state index in [0.717, 1.165) is 5.56 Å². The van der Waals surface area contributed by atoms with Gasteiger partial charge in [-0.05, 0) is 33.4 Å². The molecule has 0 fully saturated rings. The summed E-state index contributed by atoms with van der Waals surface area (Å²) in [6.45, 7) is 6.57. The molecule has 98 valence electrons. The Hall–Kier alpha value is -1.37. The van der Waals surface area contributed by atoms with Crippen molar-refractivity contribution in [2.24, 2.45) is 0 Å². The van der Waals surface area contributed by atoms with E-state index in [0.29, 0.717) is 6.54 Å². The van der Waals surface area contributed by atoms with Crippen LogP contribution in [0.3, 0.4) is 0 Å². The number of likely N-dealkylation sites (N-methyl/N-ethyl adjacent to an activating group) is 1. The van der Waals surface area contributed by atoms with Gasteiger partial charge in [0.05, 0.1) is 24.8 Å². The zero-order chi connectivity index (χ0) is 13.5. The molecule has 0 aliphatic rings. The van der Waals surface area contributed by atoms with Crippen LogP contribution < -0.4 is 0 Å². The number of rotatable bonds is 6. The second-order valence-corrected chi connectivity index (χ2v) is 4.83. The average Bonchev–Trinajstić information content (AvgIpc) is 2.36. The summed E-state index contributed by atoms with van der Waals surface area (Å²) >= 11 is 0. The monoisotopic (exact) mass is 246 g/mol. The first-order valence-corrected chi connectivity index (χ1v) is 6.33. The lowest BCUT2D eigenvalue weighted by atomic mass is 10.0. The normalized spacial score (nSPS) is 14.5. The summed E-state index contributed by atoms with van der Waals surface area (Å²) in [6, 6.07) is 12.5. The molecule has 0 bridgehead atoms. The fourth-order valence-corrected chi connectivity index (χ4v) is 1.89. The van der Waals surface area contributed by atoms with E-state index in [9.17, 15) is 0 Å². The molecule has 0 radical (unpaired) electrons. The molecular weight excluding hydrogens is 224 g/mol. The van der Waals surface area contributed by atoms with Crippen LogP contribution in [-0.4, -0.2) is 30.6 Å². The van der Waals surface area contributed by atoms with Crippen molar-refractivity contribution >= 4 is 0 Å². The summed E-state index contributed by atoms with van der Waals surface area (Å²) in [5.41, 5.74) is 1.16. The van der Waals surface area contributed by atoms with Crippen LogP contribution in [0.4, 0.5) is 0 Å². The van der Waals surface area contributed by atoms with Gasteiger partial charge in [-0.25, -0.2) is 0 Å². The first-order chi connectivity index (χ1) is 8.56. The first-order valence-electron chi connectivity index (χ1n) is 6.33. The van der Waals surface area contributed by atoms with Crippen molar-refractivity contribution < 1.29 is 4.74 Å². The minimum Gasteiger partial charge on any atom is -0.369 e. The lowest BCUT2D eigenvalue weighted by Gasteiger charge is -2.32. The predicted molar refractivity (Wildman–Crippen MR) is 73.1 cm³/mol. The Labute approximate surface area is 110 Å². The van der Waals surface area contributed by atoms with Gasteiger partial charge in [0.1, 0.15) is 0 Å². The topological polar surface area (TPSA) is 36.3 Å². The number of ether oxygens (including phenoxy) is 1. The number of nitriles is 1. The fraction of sp³-hybridized carbons (Fsp3) is 0.533. The van der Waals surface area contributed by atoms with Crippen LogP contribution in [-0.2, 0) is 4.74 Å². The third kappa shape index (κ3) is 4.14. The van der Waals surface area contributed by atoms with Gasteiger partial charge in [0, 0.05) is 6.04 Å². The highest BCUT2D eigenvalue weighted by molar-refractivity contribution is 5.19. The number of hydrogen-bond acceptors (Lipinski definition) is 3. The predicted octanol–water partition coefficient (Wildman–Crippen LogP) is 3.00. The van der Waals surface area contributed by atoms with E-state index in [1.807, 2.05) is 44.0 Å². The molecule has 0 spiro atoms. The van der Waals surface area contributed by atoms with E-state index in [1.54, 1.807) is 0 Å². The Balaban J connectivity index is 2.88. The Bertz CT molecular complexity index is 383. The molecular formula is C15H22N2O. The van der Waals surface area contributed by atoms with Crippen LogP contribution in [0.2, 0.25) is 0 Å². The molecule has 1 rings (SSSR count). The molecule has 3 heteroatoms. The third-order valence-corrected chi connectivity index (χ3v) is 3.00. The van der Waals surface area contributed by atoms with E-state index >= 15 is 0 Å².